The van der Waals surface area contributed by atoms with Crippen molar-refractivity contribution in [1.82, 2.24) is 0 Å². The first-order valence-electron chi connectivity index (χ1n) is 4.72. The van der Waals surface area contributed by atoms with Gasteiger partial charge in [-0.05, 0) is 17.0 Å². The molecule has 0 aliphatic carbocycles. The lowest BCUT2D eigenvalue weighted by Crippen LogP contribution is -2.03. The number of fused-ring (bicyclic) bond motifs is 1. The maximum absolute atomic E-state index is 11.2. The summed E-state index contributed by atoms with van der Waals surface area (Å²) in [6, 6.07) is 10.1. The quantitative estimate of drug-likeness (QED) is 0.776. The first kappa shape index (κ1) is 11.1. The van der Waals surface area contributed by atoms with Gasteiger partial charge in [-0.15, -0.1) is 0 Å². The first-order valence-corrected chi connectivity index (χ1v) is 6.16. The highest BCUT2D eigenvalue weighted by Gasteiger charge is 2.15. The molecule has 0 fully saturated rings. The van der Waals surface area contributed by atoms with E-state index < -0.39 is 10.1 Å². The third kappa shape index (κ3) is 1.80. The molecule has 0 saturated heterocycles. The summed E-state index contributed by atoms with van der Waals surface area (Å²) in [5.41, 5.74) is 6.25. The van der Waals surface area contributed by atoms with E-state index in [9.17, 15) is 8.42 Å². The van der Waals surface area contributed by atoms with Crippen molar-refractivity contribution in [1.29, 1.82) is 0 Å². The van der Waals surface area contributed by atoms with Crippen LogP contribution in [0.4, 0.5) is 0 Å². The minimum absolute atomic E-state index is 0.0916. The van der Waals surface area contributed by atoms with Crippen LogP contribution in [-0.2, 0) is 16.7 Å². The van der Waals surface area contributed by atoms with Gasteiger partial charge in [-0.2, -0.15) is 8.42 Å². The molecule has 2 rings (SSSR count). The van der Waals surface area contributed by atoms with E-state index >= 15 is 0 Å². The Kier molecular flexibility index (Phi) is 2.67. The van der Waals surface area contributed by atoms with E-state index in [-0.39, 0.29) is 11.4 Å². The fourth-order valence-corrected chi connectivity index (χ4v) is 2.52. The Morgan fingerprint density at radius 3 is 2.31 bits per heavy atom. The zero-order valence-electron chi connectivity index (χ0n) is 8.42. The van der Waals surface area contributed by atoms with E-state index in [2.05, 4.69) is 0 Å². The molecule has 4 nitrogen and oxygen atoms in total. The van der Waals surface area contributed by atoms with Crippen molar-refractivity contribution in [3.63, 3.8) is 0 Å². The van der Waals surface area contributed by atoms with E-state index in [1.807, 2.05) is 0 Å². The molecule has 2 aromatic carbocycles. The smallest absolute Gasteiger partial charge is 0.295 e. The van der Waals surface area contributed by atoms with Gasteiger partial charge in [-0.1, -0.05) is 30.3 Å². The van der Waals surface area contributed by atoms with Crippen LogP contribution in [-0.4, -0.2) is 13.0 Å². The molecule has 0 heterocycles. The monoisotopic (exact) mass is 237 g/mol. The highest BCUT2D eigenvalue weighted by atomic mass is 32.2. The maximum Gasteiger partial charge on any atom is 0.295 e. The van der Waals surface area contributed by atoms with Crippen LogP contribution in [0.5, 0.6) is 0 Å². The summed E-state index contributed by atoms with van der Waals surface area (Å²) in [5, 5.41) is 1.24. The third-order valence-electron chi connectivity index (χ3n) is 2.45. The molecular weight excluding hydrogens is 226 g/mol. The van der Waals surface area contributed by atoms with Gasteiger partial charge in [0.1, 0.15) is 4.90 Å². The molecule has 0 saturated carbocycles. The summed E-state index contributed by atoms with van der Waals surface area (Å²) < 4.78 is 31.6. The highest BCUT2D eigenvalue weighted by Crippen LogP contribution is 2.26. The van der Waals surface area contributed by atoms with Gasteiger partial charge in [0.05, 0.1) is 0 Å². The molecule has 0 bridgehead atoms. The van der Waals surface area contributed by atoms with Crippen molar-refractivity contribution in [2.75, 3.05) is 0 Å². The summed E-state index contributed by atoms with van der Waals surface area (Å²) >= 11 is 0. The molecule has 0 atom stereocenters. The number of benzene rings is 2. The average Bonchev–Trinajstić information content (AvgIpc) is 2.26. The van der Waals surface area contributed by atoms with Crippen molar-refractivity contribution in [2.24, 2.45) is 5.73 Å². The van der Waals surface area contributed by atoms with Gasteiger partial charge in [0.2, 0.25) is 0 Å². The molecule has 0 aliphatic rings. The largest absolute Gasteiger partial charge is 0.326 e. The molecule has 5 heteroatoms. The topological polar surface area (TPSA) is 80.4 Å². The first-order chi connectivity index (χ1) is 7.54. The van der Waals surface area contributed by atoms with Gasteiger partial charge in [-0.25, -0.2) is 0 Å². The van der Waals surface area contributed by atoms with Gasteiger partial charge in [-0.3, -0.25) is 4.55 Å². The molecular formula is C11H11NO3S. The van der Waals surface area contributed by atoms with E-state index in [0.717, 1.165) is 5.39 Å². The Bertz CT molecular complexity index is 629. The second-order valence-electron chi connectivity index (χ2n) is 3.45. The van der Waals surface area contributed by atoms with E-state index in [4.69, 9.17) is 10.3 Å². The minimum Gasteiger partial charge on any atom is -0.326 e. The molecule has 0 amide bonds. The van der Waals surface area contributed by atoms with Crippen LogP contribution in [0.2, 0.25) is 0 Å². The van der Waals surface area contributed by atoms with Crippen LogP contribution >= 0.6 is 0 Å². The fourth-order valence-electron chi connectivity index (χ4n) is 1.77. The summed E-state index contributed by atoms with van der Waals surface area (Å²) in [4.78, 5) is -0.0916. The van der Waals surface area contributed by atoms with Crippen molar-refractivity contribution in [3.8, 4) is 0 Å². The maximum atomic E-state index is 11.2. The molecule has 84 valence electrons. The highest BCUT2D eigenvalue weighted by molar-refractivity contribution is 7.86. The van der Waals surface area contributed by atoms with Gasteiger partial charge >= 0.3 is 0 Å². The van der Waals surface area contributed by atoms with Gasteiger partial charge in [0.25, 0.3) is 10.1 Å². The number of hydrogen-bond donors (Lipinski definition) is 2. The number of rotatable bonds is 2. The van der Waals surface area contributed by atoms with Crippen molar-refractivity contribution >= 4 is 20.9 Å². The van der Waals surface area contributed by atoms with E-state index in [1.54, 1.807) is 30.3 Å². The molecule has 0 aromatic heterocycles. The fraction of sp³-hybridized carbons (Fsp3) is 0.0909. The molecule has 3 N–H and O–H groups in total. The lowest BCUT2D eigenvalue weighted by Gasteiger charge is -2.07. The zero-order valence-corrected chi connectivity index (χ0v) is 9.24. The predicted octanol–water partition coefficient (Wildman–Crippen LogP) is 1.55. The molecule has 0 unspecified atom stereocenters. The third-order valence-corrected chi connectivity index (χ3v) is 3.35. The molecule has 16 heavy (non-hydrogen) atoms. The predicted molar refractivity (Wildman–Crippen MR) is 61.7 cm³/mol. The Hall–Kier alpha value is -1.43. The Morgan fingerprint density at radius 1 is 1.12 bits per heavy atom. The van der Waals surface area contributed by atoms with E-state index in [0.29, 0.717) is 10.9 Å². The Labute approximate surface area is 93.4 Å². The lowest BCUT2D eigenvalue weighted by molar-refractivity contribution is 0.484. The summed E-state index contributed by atoms with van der Waals surface area (Å²) in [5.74, 6) is 0. The van der Waals surface area contributed by atoms with Gasteiger partial charge < -0.3 is 5.73 Å². The summed E-state index contributed by atoms with van der Waals surface area (Å²) in [6.45, 7) is 0.226. The number of hydrogen-bond acceptors (Lipinski definition) is 3. The van der Waals surface area contributed by atoms with Crippen molar-refractivity contribution in [2.45, 2.75) is 11.4 Å². The standard InChI is InChI=1S/C11H11NO3S/c12-7-9-5-1-3-8-4-2-6-10(11(8)9)16(13,14)15/h1-6H,7,12H2,(H,13,14,15). The van der Waals surface area contributed by atoms with E-state index in [1.165, 1.54) is 6.07 Å². The second kappa shape index (κ2) is 3.86. The van der Waals surface area contributed by atoms with Crippen LogP contribution in [0, 0.1) is 0 Å². The molecule has 0 aliphatic heterocycles. The molecule has 2 aromatic rings. The van der Waals surface area contributed by atoms with Crippen LogP contribution in [0.1, 0.15) is 5.56 Å². The Balaban J connectivity index is 2.96. The van der Waals surface area contributed by atoms with Crippen LogP contribution in [0.15, 0.2) is 41.3 Å². The van der Waals surface area contributed by atoms with Crippen molar-refractivity contribution < 1.29 is 13.0 Å². The lowest BCUT2D eigenvalue weighted by atomic mass is 10.0. The zero-order chi connectivity index (χ0) is 11.8. The Morgan fingerprint density at radius 2 is 1.75 bits per heavy atom. The SMILES string of the molecule is NCc1cccc2cccc(S(=O)(=O)O)c12. The van der Waals surface area contributed by atoms with Crippen LogP contribution in [0.3, 0.4) is 0 Å². The minimum atomic E-state index is -4.22. The summed E-state index contributed by atoms with van der Waals surface area (Å²) in [6.07, 6.45) is 0. The van der Waals surface area contributed by atoms with Gasteiger partial charge in [0, 0.05) is 11.9 Å². The van der Waals surface area contributed by atoms with Crippen LogP contribution in [0.25, 0.3) is 10.8 Å². The second-order valence-corrected chi connectivity index (χ2v) is 4.84. The molecule has 0 spiro atoms. The van der Waals surface area contributed by atoms with Gasteiger partial charge in [0.15, 0.2) is 0 Å². The number of nitrogens with two attached hydrogens (primary N) is 1. The van der Waals surface area contributed by atoms with Crippen LogP contribution < -0.4 is 5.73 Å². The van der Waals surface area contributed by atoms with Crippen molar-refractivity contribution in [3.05, 3.63) is 42.0 Å². The normalized spacial score (nSPS) is 11.9. The average molecular weight is 237 g/mol. The summed E-state index contributed by atoms with van der Waals surface area (Å²) in [7, 11) is -4.22. The molecule has 0 radical (unpaired) electrons.